The highest BCUT2D eigenvalue weighted by molar-refractivity contribution is 9.10. The molecule has 0 spiro atoms. The number of esters is 1. The third kappa shape index (κ3) is 2.96. The summed E-state index contributed by atoms with van der Waals surface area (Å²) in [6, 6.07) is 1.58. The number of rotatable bonds is 2. The molecule has 76 valence electrons. The molecule has 0 atom stereocenters. The molecule has 0 aromatic carbocycles. The smallest absolute Gasteiger partial charge is 0.339 e. The van der Waals surface area contributed by atoms with Crippen LogP contribution in [0.3, 0.4) is 0 Å². The normalized spacial score (nSPS) is 10.4. The van der Waals surface area contributed by atoms with Crippen LogP contribution in [0, 0.1) is 0 Å². The minimum absolute atomic E-state index is 0.142. The van der Waals surface area contributed by atoms with Crippen molar-refractivity contribution in [3.8, 4) is 0 Å². The van der Waals surface area contributed by atoms with Crippen LogP contribution >= 0.6 is 27.5 Å². The summed E-state index contributed by atoms with van der Waals surface area (Å²) in [5.41, 5.74) is 0.384. The molecule has 0 radical (unpaired) electrons. The van der Waals surface area contributed by atoms with Crippen molar-refractivity contribution in [2.75, 3.05) is 0 Å². The molecule has 0 bridgehead atoms. The zero-order valence-electron chi connectivity index (χ0n) is 7.75. The Bertz CT molecular complexity index is 355. The molecule has 0 N–H and O–H groups in total. The third-order valence-electron chi connectivity index (χ3n) is 1.37. The molecule has 5 heteroatoms. The molecular weight excluding hydrogens is 269 g/mol. The summed E-state index contributed by atoms with van der Waals surface area (Å²) in [4.78, 5) is 15.2. The molecule has 1 rings (SSSR count). The summed E-state index contributed by atoms with van der Waals surface area (Å²) in [5.74, 6) is -0.398. The van der Waals surface area contributed by atoms with E-state index in [4.69, 9.17) is 16.3 Å². The summed E-state index contributed by atoms with van der Waals surface area (Å²) >= 11 is 8.86. The van der Waals surface area contributed by atoms with Crippen LogP contribution in [0.5, 0.6) is 0 Å². The van der Waals surface area contributed by atoms with E-state index in [2.05, 4.69) is 20.9 Å². The van der Waals surface area contributed by atoms with Crippen LogP contribution in [-0.4, -0.2) is 17.1 Å². The lowest BCUT2D eigenvalue weighted by molar-refractivity contribution is 0.0377. The highest BCUT2D eigenvalue weighted by Crippen LogP contribution is 2.20. The summed E-state index contributed by atoms with van der Waals surface area (Å²) in [6.07, 6.45) is 1.25. The van der Waals surface area contributed by atoms with Crippen molar-refractivity contribution >= 4 is 33.5 Å². The van der Waals surface area contributed by atoms with Gasteiger partial charge in [-0.2, -0.15) is 0 Å². The maximum atomic E-state index is 11.4. The van der Waals surface area contributed by atoms with E-state index in [1.807, 2.05) is 0 Å². The monoisotopic (exact) mass is 277 g/mol. The van der Waals surface area contributed by atoms with Crippen LogP contribution in [0.4, 0.5) is 0 Å². The molecule has 0 aliphatic rings. The zero-order valence-corrected chi connectivity index (χ0v) is 10.1. The van der Waals surface area contributed by atoms with Crippen LogP contribution in [0.1, 0.15) is 24.2 Å². The summed E-state index contributed by atoms with van der Waals surface area (Å²) < 4.78 is 5.57. The predicted molar refractivity (Wildman–Crippen MR) is 57.5 cm³/mol. The summed E-state index contributed by atoms with van der Waals surface area (Å²) in [6.45, 7) is 3.58. The number of ether oxygens (including phenoxy) is 1. The molecule has 0 aliphatic heterocycles. The molecule has 3 nitrogen and oxygen atoms in total. The standard InChI is InChI=1S/C9H9BrClNO2/c1-5(2)14-9(13)6-3-7(10)8(11)12-4-6/h3-5H,1-2H3. The lowest BCUT2D eigenvalue weighted by atomic mass is 10.3. The van der Waals surface area contributed by atoms with Crippen molar-refractivity contribution in [1.29, 1.82) is 0 Å². The Morgan fingerprint density at radius 2 is 2.29 bits per heavy atom. The molecule has 1 aromatic rings. The van der Waals surface area contributed by atoms with Gasteiger partial charge < -0.3 is 4.74 Å². The van der Waals surface area contributed by atoms with Gasteiger partial charge in [0.2, 0.25) is 0 Å². The van der Waals surface area contributed by atoms with E-state index in [0.29, 0.717) is 15.2 Å². The van der Waals surface area contributed by atoms with Gasteiger partial charge in [-0.25, -0.2) is 9.78 Å². The molecule has 0 saturated heterocycles. The van der Waals surface area contributed by atoms with E-state index in [1.54, 1.807) is 19.9 Å². The Morgan fingerprint density at radius 3 is 2.79 bits per heavy atom. The van der Waals surface area contributed by atoms with Crippen LogP contribution < -0.4 is 0 Å². The van der Waals surface area contributed by atoms with Crippen LogP contribution in [0.25, 0.3) is 0 Å². The number of carbonyl (C=O) groups is 1. The van der Waals surface area contributed by atoms with E-state index in [1.165, 1.54) is 6.20 Å². The molecule has 0 amide bonds. The minimum atomic E-state index is -0.398. The van der Waals surface area contributed by atoms with Crippen molar-refractivity contribution < 1.29 is 9.53 Å². The van der Waals surface area contributed by atoms with Crippen LogP contribution in [0.15, 0.2) is 16.7 Å². The van der Waals surface area contributed by atoms with Crippen LogP contribution in [-0.2, 0) is 4.74 Å². The van der Waals surface area contributed by atoms with Gasteiger partial charge in [0, 0.05) is 6.20 Å². The molecule has 0 saturated carbocycles. The first-order valence-corrected chi connectivity index (χ1v) is 5.20. The predicted octanol–water partition coefficient (Wildman–Crippen LogP) is 3.06. The van der Waals surface area contributed by atoms with Gasteiger partial charge in [-0.05, 0) is 35.8 Å². The topological polar surface area (TPSA) is 39.2 Å². The Balaban J connectivity index is 2.86. The minimum Gasteiger partial charge on any atom is -0.459 e. The van der Waals surface area contributed by atoms with Gasteiger partial charge in [0.15, 0.2) is 0 Å². The van der Waals surface area contributed by atoms with Gasteiger partial charge in [-0.1, -0.05) is 11.6 Å². The third-order valence-corrected chi connectivity index (χ3v) is 2.51. The lowest BCUT2D eigenvalue weighted by Crippen LogP contribution is -2.11. The van der Waals surface area contributed by atoms with Crippen LogP contribution in [0.2, 0.25) is 5.15 Å². The first-order chi connectivity index (χ1) is 6.50. The fourth-order valence-electron chi connectivity index (χ4n) is 0.815. The second-order valence-electron chi connectivity index (χ2n) is 2.95. The first-order valence-electron chi connectivity index (χ1n) is 4.02. The van der Waals surface area contributed by atoms with Gasteiger partial charge >= 0.3 is 5.97 Å². The zero-order chi connectivity index (χ0) is 10.7. The van der Waals surface area contributed by atoms with Crippen molar-refractivity contribution in [2.45, 2.75) is 20.0 Å². The SMILES string of the molecule is CC(C)OC(=O)c1cnc(Cl)c(Br)c1. The molecule has 1 heterocycles. The molecule has 14 heavy (non-hydrogen) atoms. The second kappa shape index (κ2) is 4.75. The summed E-state index contributed by atoms with van der Waals surface area (Å²) in [7, 11) is 0. The quantitative estimate of drug-likeness (QED) is 0.616. The van der Waals surface area contributed by atoms with Gasteiger partial charge in [0.1, 0.15) is 5.15 Å². The van der Waals surface area contributed by atoms with E-state index >= 15 is 0 Å². The molecule has 0 unspecified atom stereocenters. The highest BCUT2D eigenvalue weighted by Gasteiger charge is 2.11. The van der Waals surface area contributed by atoms with Gasteiger partial charge in [0.25, 0.3) is 0 Å². The van der Waals surface area contributed by atoms with Gasteiger partial charge in [0.05, 0.1) is 16.1 Å². The van der Waals surface area contributed by atoms with E-state index in [0.717, 1.165) is 0 Å². The molecule has 0 aliphatic carbocycles. The average molecular weight is 279 g/mol. The molecule has 1 aromatic heterocycles. The molecular formula is C9H9BrClNO2. The highest BCUT2D eigenvalue weighted by atomic mass is 79.9. The Hall–Kier alpha value is -0.610. The van der Waals surface area contributed by atoms with Gasteiger partial charge in [-0.3, -0.25) is 0 Å². The van der Waals surface area contributed by atoms with Gasteiger partial charge in [-0.15, -0.1) is 0 Å². The number of nitrogens with zero attached hydrogens (tertiary/aromatic N) is 1. The van der Waals surface area contributed by atoms with E-state index < -0.39 is 5.97 Å². The van der Waals surface area contributed by atoms with Crippen molar-refractivity contribution in [1.82, 2.24) is 4.98 Å². The maximum Gasteiger partial charge on any atom is 0.339 e. The number of hydrogen-bond acceptors (Lipinski definition) is 3. The average Bonchev–Trinajstić information content (AvgIpc) is 2.08. The number of carbonyl (C=O) groups excluding carboxylic acids is 1. The number of hydrogen-bond donors (Lipinski definition) is 0. The largest absolute Gasteiger partial charge is 0.459 e. The number of pyridine rings is 1. The van der Waals surface area contributed by atoms with Crippen molar-refractivity contribution in [3.05, 3.63) is 27.5 Å². The Labute approximate surface area is 95.6 Å². The van der Waals surface area contributed by atoms with E-state index in [-0.39, 0.29) is 6.10 Å². The number of aromatic nitrogens is 1. The van der Waals surface area contributed by atoms with Crippen molar-refractivity contribution in [3.63, 3.8) is 0 Å². The lowest BCUT2D eigenvalue weighted by Gasteiger charge is -2.07. The first kappa shape index (κ1) is 11.5. The van der Waals surface area contributed by atoms with Crippen molar-refractivity contribution in [2.24, 2.45) is 0 Å². The summed E-state index contributed by atoms with van der Waals surface area (Å²) in [5, 5.41) is 0.325. The fourth-order valence-corrected chi connectivity index (χ4v) is 1.27. The Morgan fingerprint density at radius 1 is 1.64 bits per heavy atom. The second-order valence-corrected chi connectivity index (χ2v) is 4.16. The van der Waals surface area contributed by atoms with E-state index in [9.17, 15) is 4.79 Å². The Kier molecular flexibility index (Phi) is 3.89. The molecule has 0 fully saturated rings. The maximum absolute atomic E-state index is 11.4. The number of halogens is 2. The fraction of sp³-hybridized carbons (Fsp3) is 0.333.